The first-order chi connectivity index (χ1) is 5.66. The van der Waals surface area contributed by atoms with E-state index in [9.17, 15) is 9.18 Å². The molecule has 0 N–H and O–H groups in total. The molecule has 0 bridgehead atoms. The third-order valence-electron chi connectivity index (χ3n) is 1.27. The monoisotopic (exact) mass is 302 g/mol. The minimum atomic E-state index is -0.584. The smallest absolute Gasteiger partial charge is 0.268 e. The van der Waals surface area contributed by atoms with Crippen LogP contribution in [-0.4, -0.2) is 16.2 Å². The fraction of sp³-hybridized carbons (Fsp3) is 0.333. The molecular formula is C6H5ClFIN2O. The molecule has 1 heterocycles. The summed E-state index contributed by atoms with van der Waals surface area (Å²) in [7, 11) is 0. The van der Waals surface area contributed by atoms with Crippen LogP contribution >= 0.6 is 34.2 Å². The number of hydrogen-bond donors (Lipinski definition) is 0. The molecule has 0 aromatic carbocycles. The van der Waals surface area contributed by atoms with Crippen molar-refractivity contribution in [3.63, 3.8) is 0 Å². The maximum atomic E-state index is 11.9. The third-order valence-corrected chi connectivity index (χ3v) is 2.84. The number of aryl methyl sites for hydroxylation is 1. The number of halogens is 3. The fourth-order valence-electron chi connectivity index (χ4n) is 0.694. The van der Waals surface area contributed by atoms with E-state index in [2.05, 4.69) is 4.98 Å². The molecule has 0 fully saturated rings. The lowest BCUT2D eigenvalue weighted by Crippen LogP contribution is -2.23. The van der Waals surface area contributed by atoms with E-state index in [4.69, 9.17) is 11.6 Å². The van der Waals surface area contributed by atoms with E-state index in [1.165, 1.54) is 10.9 Å². The summed E-state index contributed by atoms with van der Waals surface area (Å²) in [6.07, 6.45) is 1.24. The molecule has 0 saturated heterocycles. The largest absolute Gasteiger partial charge is 0.296 e. The number of alkyl halides is 1. The highest BCUT2D eigenvalue weighted by atomic mass is 127. The van der Waals surface area contributed by atoms with Crippen LogP contribution in [0.2, 0.25) is 5.15 Å². The topological polar surface area (TPSA) is 34.9 Å². The second-order valence-electron chi connectivity index (χ2n) is 2.04. The van der Waals surface area contributed by atoms with Gasteiger partial charge in [-0.2, -0.15) is 0 Å². The summed E-state index contributed by atoms with van der Waals surface area (Å²) in [4.78, 5) is 15.0. The maximum absolute atomic E-state index is 11.9. The second kappa shape index (κ2) is 4.18. The normalized spacial score (nSPS) is 10.2. The van der Waals surface area contributed by atoms with Crippen molar-refractivity contribution >= 4 is 34.2 Å². The minimum absolute atomic E-state index is 0.0268. The van der Waals surface area contributed by atoms with Gasteiger partial charge in [-0.3, -0.25) is 9.36 Å². The van der Waals surface area contributed by atoms with Crippen LogP contribution in [0.25, 0.3) is 0 Å². The average Bonchev–Trinajstić information content (AvgIpc) is 2.07. The standard InChI is InChI=1S/C6H5ClFIN2O/c7-5-4(9)6(12)11(2-1-8)3-10-5/h3H,1-2H2. The van der Waals surface area contributed by atoms with Crippen molar-refractivity contribution in [2.24, 2.45) is 0 Å². The summed E-state index contributed by atoms with van der Waals surface area (Å²) < 4.78 is 13.4. The Morgan fingerprint density at radius 2 is 2.42 bits per heavy atom. The lowest BCUT2D eigenvalue weighted by atomic mass is 10.6. The molecule has 0 aliphatic rings. The Morgan fingerprint density at radius 3 is 3.00 bits per heavy atom. The van der Waals surface area contributed by atoms with Gasteiger partial charge >= 0.3 is 0 Å². The van der Waals surface area contributed by atoms with Gasteiger partial charge in [0.05, 0.1) is 12.9 Å². The zero-order valence-corrected chi connectivity index (χ0v) is 8.84. The summed E-state index contributed by atoms with van der Waals surface area (Å²) in [5.74, 6) is 0. The Balaban J connectivity index is 3.18. The van der Waals surface area contributed by atoms with Crippen molar-refractivity contribution in [1.29, 1.82) is 0 Å². The molecule has 1 aromatic heterocycles. The van der Waals surface area contributed by atoms with Crippen molar-refractivity contribution in [2.75, 3.05) is 6.67 Å². The van der Waals surface area contributed by atoms with Crippen LogP contribution in [0, 0.1) is 3.57 Å². The number of aromatic nitrogens is 2. The maximum Gasteiger partial charge on any atom is 0.268 e. The molecule has 0 aliphatic heterocycles. The minimum Gasteiger partial charge on any atom is -0.296 e. The van der Waals surface area contributed by atoms with Crippen molar-refractivity contribution in [3.05, 3.63) is 25.4 Å². The second-order valence-corrected chi connectivity index (χ2v) is 3.47. The van der Waals surface area contributed by atoms with Crippen LogP contribution in [-0.2, 0) is 6.54 Å². The van der Waals surface area contributed by atoms with Gasteiger partial charge in [0, 0.05) is 0 Å². The van der Waals surface area contributed by atoms with Gasteiger partial charge in [0.15, 0.2) is 0 Å². The predicted octanol–water partition coefficient (Wildman–Crippen LogP) is 1.47. The summed E-state index contributed by atoms with van der Waals surface area (Å²) in [5.41, 5.74) is -0.298. The van der Waals surface area contributed by atoms with Crippen LogP contribution in [0.3, 0.4) is 0 Å². The number of hydrogen-bond acceptors (Lipinski definition) is 2. The molecule has 0 radical (unpaired) electrons. The Morgan fingerprint density at radius 1 is 1.75 bits per heavy atom. The molecule has 1 aromatic rings. The first-order valence-electron chi connectivity index (χ1n) is 3.13. The van der Waals surface area contributed by atoms with E-state index < -0.39 is 6.67 Å². The van der Waals surface area contributed by atoms with Crippen LogP contribution in [0.4, 0.5) is 4.39 Å². The molecule has 0 amide bonds. The molecule has 0 saturated carbocycles. The van der Waals surface area contributed by atoms with Gasteiger partial charge < -0.3 is 0 Å². The Hall–Kier alpha value is -0.170. The molecule has 0 spiro atoms. The Labute approximate surface area is 86.7 Å². The zero-order valence-electron chi connectivity index (χ0n) is 5.93. The lowest BCUT2D eigenvalue weighted by molar-refractivity contribution is 0.437. The SMILES string of the molecule is O=c1c(I)c(Cl)ncn1CCF. The van der Waals surface area contributed by atoms with Gasteiger partial charge in [-0.05, 0) is 22.6 Å². The first kappa shape index (κ1) is 9.91. The van der Waals surface area contributed by atoms with Crippen LogP contribution in [0.1, 0.15) is 0 Å². The summed E-state index contributed by atoms with van der Waals surface area (Å²) >= 11 is 7.34. The highest BCUT2D eigenvalue weighted by molar-refractivity contribution is 14.1. The van der Waals surface area contributed by atoms with E-state index in [1.54, 1.807) is 22.6 Å². The van der Waals surface area contributed by atoms with Gasteiger partial charge in [-0.15, -0.1) is 0 Å². The van der Waals surface area contributed by atoms with E-state index in [-0.39, 0.29) is 17.3 Å². The van der Waals surface area contributed by atoms with Crippen molar-refractivity contribution in [1.82, 2.24) is 9.55 Å². The summed E-state index contributed by atoms with van der Waals surface area (Å²) in [6, 6.07) is 0. The molecular weight excluding hydrogens is 297 g/mol. The van der Waals surface area contributed by atoms with Crippen LogP contribution < -0.4 is 5.56 Å². The zero-order chi connectivity index (χ0) is 9.14. The van der Waals surface area contributed by atoms with Gasteiger partial charge in [0.1, 0.15) is 15.4 Å². The summed E-state index contributed by atoms with van der Waals surface area (Å²) in [5, 5.41) is 0.163. The first-order valence-corrected chi connectivity index (χ1v) is 4.59. The summed E-state index contributed by atoms with van der Waals surface area (Å²) in [6.45, 7) is -0.557. The molecule has 0 aliphatic carbocycles. The van der Waals surface area contributed by atoms with Crippen molar-refractivity contribution in [2.45, 2.75) is 6.54 Å². The van der Waals surface area contributed by atoms with Gasteiger partial charge in [0.2, 0.25) is 0 Å². The van der Waals surface area contributed by atoms with Crippen LogP contribution in [0.15, 0.2) is 11.1 Å². The Bertz CT molecular complexity index is 341. The van der Waals surface area contributed by atoms with Gasteiger partial charge in [-0.1, -0.05) is 11.6 Å². The fourth-order valence-corrected chi connectivity index (χ4v) is 1.27. The van der Waals surface area contributed by atoms with E-state index in [0.29, 0.717) is 3.57 Å². The number of rotatable bonds is 2. The molecule has 66 valence electrons. The average molecular weight is 302 g/mol. The highest BCUT2D eigenvalue weighted by Crippen LogP contribution is 2.08. The quantitative estimate of drug-likeness (QED) is 0.612. The highest BCUT2D eigenvalue weighted by Gasteiger charge is 2.05. The van der Waals surface area contributed by atoms with E-state index in [0.717, 1.165) is 0 Å². The van der Waals surface area contributed by atoms with Crippen molar-refractivity contribution in [3.8, 4) is 0 Å². The third kappa shape index (κ3) is 1.95. The molecule has 6 heteroatoms. The van der Waals surface area contributed by atoms with E-state index >= 15 is 0 Å². The Kier molecular flexibility index (Phi) is 3.45. The molecule has 0 atom stereocenters. The van der Waals surface area contributed by atoms with Gasteiger partial charge in [0.25, 0.3) is 5.56 Å². The van der Waals surface area contributed by atoms with Crippen LogP contribution in [0.5, 0.6) is 0 Å². The molecule has 3 nitrogen and oxygen atoms in total. The number of nitrogens with zero attached hydrogens (tertiary/aromatic N) is 2. The molecule has 1 rings (SSSR count). The molecule has 12 heavy (non-hydrogen) atoms. The van der Waals surface area contributed by atoms with Gasteiger partial charge in [-0.25, -0.2) is 9.37 Å². The lowest BCUT2D eigenvalue weighted by Gasteiger charge is -2.01. The van der Waals surface area contributed by atoms with Crippen molar-refractivity contribution < 1.29 is 4.39 Å². The van der Waals surface area contributed by atoms with E-state index in [1.807, 2.05) is 0 Å². The molecule has 0 unspecified atom stereocenters. The predicted molar refractivity (Wildman–Crippen MR) is 52.2 cm³/mol.